The Bertz CT molecular complexity index is 535. The number of hydrogen-bond acceptors (Lipinski definition) is 4. The van der Waals surface area contributed by atoms with Gasteiger partial charge in [0, 0.05) is 24.5 Å². The van der Waals surface area contributed by atoms with E-state index in [9.17, 15) is 5.11 Å². The second kappa shape index (κ2) is 4.76. The number of aliphatic hydroxyl groups excluding tert-OH is 1. The van der Waals surface area contributed by atoms with Gasteiger partial charge >= 0.3 is 0 Å². The van der Waals surface area contributed by atoms with Crippen LogP contribution in [0.2, 0.25) is 5.02 Å². The number of thiazole rings is 1. The third kappa shape index (κ3) is 2.51. The standard InChI is InChI=1S/C11H14ClN3OS/c1-6-5-17-11(13-6)9(16)4-8-10(12)7(2)14-15(8)3/h5,9,16H,4H2,1-3H3. The van der Waals surface area contributed by atoms with E-state index in [1.807, 2.05) is 26.3 Å². The van der Waals surface area contributed by atoms with Crippen molar-refractivity contribution < 1.29 is 5.11 Å². The highest BCUT2D eigenvalue weighted by molar-refractivity contribution is 7.09. The van der Waals surface area contributed by atoms with Crippen LogP contribution >= 0.6 is 22.9 Å². The maximum atomic E-state index is 10.1. The Balaban J connectivity index is 2.21. The van der Waals surface area contributed by atoms with Crippen LogP contribution in [0.5, 0.6) is 0 Å². The van der Waals surface area contributed by atoms with Gasteiger partial charge in [-0.15, -0.1) is 11.3 Å². The van der Waals surface area contributed by atoms with Crippen molar-refractivity contribution in [2.75, 3.05) is 0 Å². The lowest BCUT2D eigenvalue weighted by atomic mass is 10.2. The fourth-order valence-corrected chi connectivity index (χ4v) is 2.72. The first-order valence-electron chi connectivity index (χ1n) is 5.27. The topological polar surface area (TPSA) is 50.9 Å². The van der Waals surface area contributed by atoms with Crippen LogP contribution in [0.4, 0.5) is 0 Å². The molecule has 0 aromatic carbocycles. The average Bonchev–Trinajstić information content (AvgIpc) is 2.79. The molecule has 2 aromatic heterocycles. The summed E-state index contributed by atoms with van der Waals surface area (Å²) in [4.78, 5) is 4.27. The SMILES string of the molecule is Cc1csc(C(O)Cc2c(Cl)c(C)nn2C)n1. The van der Waals surface area contributed by atoms with E-state index in [4.69, 9.17) is 11.6 Å². The Morgan fingerprint density at radius 3 is 2.71 bits per heavy atom. The Morgan fingerprint density at radius 1 is 1.53 bits per heavy atom. The molecular formula is C11H14ClN3OS. The number of rotatable bonds is 3. The molecule has 2 heterocycles. The first-order valence-corrected chi connectivity index (χ1v) is 6.53. The van der Waals surface area contributed by atoms with Crippen molar-refractivity contribution in [2.45, 2.75) is 26.4 Å². The Morgan fingerprint density at radius 2 is 2.24 bits per heavy atom. The molecule has 6 heteroatoms. The maximum Gasteiger partial charge on any atom is 0.122 e. The van der Waals surface area contributed by atoms with E-state index in [2.05, 4.69) is 10.1 Å². The van der Waals surface area contributed by atoms with Gasteiger partial charge in [-0.2, -0.15) is 5.10 Å². The van der Waals surface area contributed by atoms with Crippen LogP contribution in [-0.2, 0) is 13.5 Å². The highest BCUT2D eigenvalue weighted by atomic mass is 35.5. The van der Waals surface area contributed by atoms with Crippen LogP contribution in [0, 0.1) is 13.8 Å². The number of aryl methyl sites for hydroxylation is 3. The molecule has 4 nitrogen and oxygen atoms in total. The zero-order chi connectivity index (χ0) is 12.6. The molecule has 1 atom stereocenters. The normalized spacial score (nSPS) is 13.0. The minimum absolute atomic E-state index is 0.434. The van der Waals surface area contributed by atoms with Crippen molar-refractivity contribution in [1.29, 1.82) is 0 Å². The van der Waals surface area contributed by atoms with Crippen LogP contribution in [0.3, 0.4) is 0 Å². The van der Waals surface area contributed by atoms with E-state index in [-0.39, 0.29) is 0 Å². The van der Waals surface area contributed by atoms with Gasteiger partial charge < -0.3 is 5.11 Å². The van der Waals surface area contributed by atoms with E-state index in [0.717, 1.165) is 22.1 Å². The Labute approximate surface area is 109 Å². The maximum absolute atomic E-state index is 10.1. The molecule has 0 spiro atoms. The van der Waals surface area contributed by atoms with Crippen molar-refractivity contribution in [1.82, 2.24) is 14.8 Å². The van der Waals surface area contributed by atoms with Gasteiger partial charge in [-0.05, 0) is 13.8 Å². The summed E-state index contributed by atoms with van der Waals surface area (Å²) in [5.74, 6) is 0. The molecule has 17 heavy (non-hydrogen) atoms. The smallest absolute Gasteiger partial charge is 0.122 e. The van der Waals surface area contributed by atoms with E-state index in [0.29, 0.717) is 11.4 Å². The van der Waals surface area contributed by atoms with Crippen LogP contribution in [-0.4, -0.2) is 19.9 Å². The summed E-state index contributed by atoms with van der Waals surface area (Å²) in [6.07, 6.45) is -0.190. The molecular weight excluding hydrogens is 258 g/mol. The molecule has 0 aliphatic heterocycles. The molecule has 1 unspecified atom stereocenters. The summed E-state index contributed by atoms with van der Waals surface area (Å²) < 4.78 is 1.71. The predicted molar refractivity (Wildman–Crippen MR) is 68.5 cm³/mol. The summed E-state index contributed by atoms with van der Waals surface area (Å²) >= 11 is 7.60. The third-order valence-corrected chi connectivity index (χ3v) is 4.13. The number of nitrogens with zero attached hydrogens (tertiary/aromatic N) is 3. The Hall–Kier alpha value is -0.910. The van der Waals surface area contributed by atoms with Gasteiger partial charge in [0.25, 0.3) is 0 Å². The van der Waals surface area contributed by atoms with Gasteiger partial charge in [-0.1, -0.05) is 11.6 Å². The quantitative estimate of drug-likeness (QED) is 0.933. The molecule has 0 saturated carbocycles. The molecule has 1 N–H and O–H groups in total. The number of aliphatic hydroxyl groups is 1. The van der Waals surface area contributed by atoms with Crippen molar-refractivity contribution in [3.63, 3.8) is 0 Å². The molecule has 0 radical (unpaired) electrons. The summed E-state index contributed by atoms with van der Waals surface area (Å²) in [5, 5.41) is 17.6. The zero-order valence-electron chi connectivity index (χ0n) is 9.94. The van der Waals surface area contributed by atoms with Crippen LogP contribution in [0.15, 0.2) is 5.38 Å². The predicted octanol–water partition coefficient (Wildman–Crippen LogP) is 2.42. The fourth-order valence-electron chi connectivity index (χ4n) is 1.70. The molecule has 2 rings (SSSR count). The summed E-state index contributed by atoms with van der Waals surface area (Å²) in [7, 11) is 1.83. The van der Waals surface area contributed by atoms with Gasteiger partial charge in [0.2, 0.25) is 0 Å². The van der Waals surface area contributed by atoms with E-state index in [1.54, 1.807) is 4.68 Å². The number of halogens is 1. The summed E-state index contributed by atoms with van der Waals surface area (Å²) in [5.41, 5.74) is 2.55. The van der Waals surface area contributed by atoms with Crippen molar-refractivity contribution in [3.05, 3.63) is 32.5 Å². The summed E-state index contributed by atoms with van der Waals surface area (Å²) in [6, 6.07) is 0. The monoisotopic (exact) mass is 271 g/mol. The molecule has 92 valence electrons. The van der Waals surface area contributed by atoms with Crippen LogP contribution < -0.4 is 0 Å². The van der Waals surface area contributed by atoms with E-state index < -0.39 is 6.10 Å². The molecule has 0 amide bonds. The summed E-state index contributed by atoms with van der Waals surface area (Å²) in [6.45, 7) is 3.76. The van der Waals surface area contributed by atoms with Gasteiger partial charge in [0.15, 0.2) is 0 Å². The van der Waals surface area contributed by atoms with Gasteiger partial charge in [0.1, 0.15) is 11.1 Å². The fraction of sp³-hybridized carbons (Fsp3) is 0.455. The minimum atomic E-state index is -0.624. The number of hydrogen-bond donors (Lipinski definition) is 1. The second-order valence-corrected chi connectivity index (χ2v) is 5.28. The van der Waals surface area contributed by atoms with Gasteiger partial charge in [-0.25, -0.2) is 4.98 Å². The van der Waals surface area contributed by atoms with Crippen LogP contribution in [0.1, 0.15) is 28.2 Å². The minimum Gasteiger partial charge on any atom is -0.386 e. The van der Waals surface area contributed by atoms with Gasteiger partial charge in [0.05, 0.1) is 16.4 Å². The molecule has 0 bridgehead atoms. The number of aromatic nitrogens is 3. The zero-order valence-corrected chi connectivity index (χ0v) is 11.5. The first-order chi connectivity index (χ1) is 7.99. The molecule has 2 aromatic rings. The molecule has 0 saturated heterocycles. The van der Waals surface area contributed by atoms with Crippen molar-refractivity contribution in [3.8, 4) is 0 Å². The molecule has 0 aliphatic carbocycles. The highest BCUT2D eigenvalue weighted by Gasteiger charge is 2.18. The lowest BCUT2D eigenvalue weighted by molar-refractivity contribution is 0.175. The highest BCUT2D eigenvalue weighted by Crippen LogP contribution is 2.26. The largest absolute Gasteiger partial charge is 0.386 e. The van der Waals surface area contributed by atoms with Crippen molar-refractivity contribution in [2.24, 2.45) is 7.05 Å². The van der Waals surface area contributed by atoms with E-state index >= 15 is 0 Å². The van der Waals surface area contributed by atoms with Crippen LogP contribution in [0.25, 0.3) is 0 Å². The Kier molecular flexibility index (Phi) is 3.51. The van der Waals surface area contributed by atoms with Crippen molar-refractivity contribution >= 4 is 22.9 Å². The lowest BCUT2D eigenvalue weighted by Gasteiger charge is -2.08. The molecule has 0 fully saturated rings. The lowest BCUT2D eigenvalue weighted by Crippen LogP contribution is -2.06. The van der Waals surface area contributed by atoms with Gasteiger partial charge in [-0.3, -0.25) is 4.68 Å². The second-order valence-electron chi connectivity index (χ2n) is 4.02. The third-order valence-electron chi connectivity index (χ3n) is 2.57. The van der Waals surface area contributed by atoms with E-state index in [1.165, 1.54) is 11.3 Å². The average molecular weight is 272 g/mol. The first kappa shape index (κ1) is 12.5. The molecule has 0 aliphatic rings.